The highest BCUT2D eigenvalue weighted by atomic mass is 16.5. The molecule has 0 N–H and O–H groups in total. The molecule has 2 aromatic carbocycles. The molecule has 10 heteroatoms. The lowest BCUT2D eigenvalue weighted by molar-refractivity contribution is 0.0493. The van der Waals surface area contributed by atoms with Crippen molar-refractivity contribution in [1.82, 2.24) is 23.7 Å². The first-order chi connectivity index (χ1) is 17.0. The molecule has 5 aromatic rings. The van der Waals surface area contributed by atoms with E-state index < -0.39 is 17.2 Å². The van der Waals surface area contributed by atoms with E-state index in [0.717, 1.165) is 10.1 Å². The van der Waals surface area contributed by atoms with Crippen molar-refractivity contribution in [2.24, 2.45) is 14.1 Å². The molecule has 5 rings (SSSR count). The minimum atomic E-state index is -0.551. The highest BCUT2D eigenvalue weighted by Gasteiger charge is 2.19. The molecule has 35 heavy (non-hydrogen) atoms. The van der Waals surface area contributed by atoms with E-state index in [9.17, 15) is 14.4 Å². The number of imidazole rings is 1. The van der Waals surface area contributed by atoms with Crippen LogP contribution in [0.3, 0.4) is 0 Å². The summed E-state index contributed by atoms with van der Waals surface area (Å²) < 4.78 is 15.3. The van der Waals surface area contributed by atoms with Crippen molar-refractivity contribution in [3.05, 3.63) is 93.5 Å². The average Bonchev–Trinajstić information content (AvgIpc) is 3.55. The first kappa shape index (κ1) is 22.1. The predicted molar refractivity (Wildman–Crippen MR) is 128 cm³/mol. The molecular formula is C25H21N5O5. The SMILES string of the molecule is Cn1c(=O)c2c(ncn2CCOC(=O)c2ccccc2-c2ncc(-c3ccccc3)o2)n(C)c1=O. The molecule has 0 aliphatic rings. The molecular weight excluding hydrogens is 450 g/mol. The van der Waals surface area contributed by atoms with Gasteiger partial charge in [-0.25, -0.2) is 19.6 Å². The van der Waals surface area contributed by atoms with Crippen molar-refractivity contribution >= 4 is 17.1 Å². The highest BCUT2D eigenvalue weighted by molar-refractivity contribution is 5.96. The molecule has 0 bridgehead atoms. The number of oxazole rings is 1. The lowest BCUT2D eigenvalue weighted by Crippen LogP contribution is -2.37. The lowest BCUT2D eigenvalue weighted by Gasteiger charge is -2.09. The van der Waals surface area contributed by atoms with Crippen LogP contribution in [0.1, 0.15) is 10.4 Å². The van der Waals surface area contributed by atoms with E-state index in [-0.39, 0.29) is 24.3 Å². The maximum absolute atomic E-state index is 12.9. The number of benzene rings is 2. The smallest absolute Gasteiger partial charge is 0.339 e. The fourth-order valence-electron chi connectivity index (χ4n) is 3.86. The van der Waals surface area contributed by atoms with Crippen LogP contribution in [-0.2, 0) is 25.4 Å². The standard InChI is InChI=1S/C25H21N5O5/c1-28-21-20(23(31)29(2)25(28)33)30(15-27-21)12-13-34-24(32)18-11-7-6-10-17(18)22-26-14-19(35-22)16-8-4-3-5-9-16/h3-11,14-15H,12-13H2,1-2H3. The fraction of sp³-hybridized carbons (Fsp3) is 0.160. The largest absolute Gasteiger partial charge is 0.460 e. The molecule has 0 spiro atoms. The number of carbonyl (C=O) groups excluding carboxylic acids is 1. The number of rotatable bonds is 6. The van der Waals surface area contributed by atoms with Gasteiger partial charge >= 0.3 is 11.7 Å². The molecule has 0 aliphatic carbocycles. The minimum Gasteiger partial charge on any atom is -0.460 e. The van der Waals surface area contributed by atoms with Crippen molar-refractivity contribution < 1.29 is 13.9 Å². The molecule has 176 valence electrons. The maximum atomic E-state index is 12.9. The summed E-state index contributed by atoms with van der Waals surface area (Å²) in [5.74, 6) is 0.345. The zero-order chi connectivity index (χ0) is 24.5. The summed E-state index contributed by atoms with van der Waals surface area (Å²) in [5, 5.41) is 0. The highest BCUT2D eigenvalue weighted by Crippen LogP contribution is 2.28. The molecule has 0 saturated carbocycles. The maximum Gasteiger partial charge on any atom is 0.339 e. The number of esters is 1. The van der Waals surface area contributed by atoms with Gasteiger partial charge in [0.2, 0.25) is 5.89 Å². The molecule has 0 fully saturated rings. The monoisotopic (exact) mass is 471 g/mol. The summed E-state index contributed by atoms with van der Waals surface area (Å²) in [6.45, 7) is 0.181. The van der Waals surface area contributed by atoms with E-state index >= 15 is 0 Å². The second kappa shape index (κ2) is 8.90. The van der Waals surface area contributed by atoms with Gasteiger partial charge in [-0.2, -0.15) is 0 Å². The summed E-state index contributed by atoms with van der Waals surface area (Å²) >= 11 is 0. The van der Waals surface area contributed by atoms with Crippen molar-refractivity contribution in [2.45, 2.75) is 6.54 Å². The Hall–Kier alpha value is -4.73. The third-order valence-electron chi connectivity index (χ3n) is 5.72. The number of nitrogens with zero attached hydrogens (tertiary/aromatic N) is 5. The Morgan fingerprint density at radius 1 is 0.971 bits per heavy atom. The number of fused-ring (bicyclic) bond motifs is 1. The second-order valence-electron chi connectivity index (χ2n) is 7.89. The van der Waals surface area contributed by atoms with Crippen molar-refractivity contribution in [3.8, 4) is 22.8 Å². The first-order valence-electron chi connectivity index (χ1n) is 10.8. The first-order valence-corrected chi connectivity index (χ1v) is 10.8. The molecule has 0 amide bonds. The normalized spacial score (nSPS) is 11.1. The van der Waals surface area contributed by atoms with Crippen LogP contribution < -0.4 is 11.2 Å². The fourth-order valence-corrected chi connectivity index (χ4v) is 3.86. The van der Waals surface area contributed by atoms with Crippen LogP contribution in [-0.4, -0.2) is 36.2 Å². The van der Waals surface area contributed by atoms with Gasteiger partial charge in [0.1, 0.15) is 6.61 Å². The molecule has 10 nitrogen and oxygen atoms in total. The van der Waals surface area contributed by atoms with Crippen LogP contribution in [0.5, 0.6) is 0 Å². The lowest BCUT2D eigenvalue weighted by atomic mass is 10.1. The number of hydrogen-bond acceptors (Lipinski definition) is 7. The van der Waals surface area contributed by atoms with E-state index in [4.69, 9.17) is 9.15 Å². The van der Waals surface area contributed by atoms with Crippen molar-refractivity contribution in [3.63, 3.8) is 0 Å². The van der Waals surface area contributed by atoms with Crippen LogP contribution >= 0.6 is 0 Å². The molecule has 0 saturated heterocycles. The summed E-state index contributed by atoms with van der Waals surface area (Å²) in [4.78, 5) is 46.1. The van der Waals surface area contributed by atoms with Crippen molar-refractivity contribution in [1.29, 1.82) is 0 Å². The Bertz CT molecular complexity index is 1660. The third kappa shape index (κ3) is 3.95. The molecule has 3 heterocycles. The number of aryl methyl sites for hydroxylation is 1. The van der Waals surface area contributed by atoms with Gasteiger partial charge in [0, 0.05) is 19.7 Å². The predicted octanol–water partition coefficient (Wildman–Crippen LogP) is 2.61. The number of ether oxygens (including phenoxy) is 1. The van der Waals surface area contributed by atoms with Gasteiger partial charge in [-0.15, -0.1) is 0 Å². The topological polar surface area (TPSA) is 114 Å². The Morgan fingerprint density at radius 3 is 2.51 bits per heavy atom. The Balaban J connectivity index is 1.35. The van der Waals surface area contributed by atoms with Crippen molar-refractivity contribution in [2.75, 3.05) is 6.61 Å². The second-order valence-corrected chi connectivity index (χ2v) is 7.89. The van der Waals surface area contributed by atoms with Crippen LogP contribution in [0, 0.1) is 0 Å². The average molecular weight is 471 g/mol. The Morgan fingerprint density at radius 2 is 1.71 bits per heavy atom. The van der Waals surface area contributed by atoms with Gasteiger partial charge in [-0.05, 0) is 12.1 Å². The Labute approximate surface area is 198 Å². The molecule has 0 atom stereocenters. The number of hydrogen-bond donors (Lipinski definition) is 0. The van der Waals surface area contributed by atoms with E-state index in [1.807, 2.05) is 30.3 Å². The molecule has 0 unspecified atom stereocenters. The van der Waals surface area contributed by atoms with E-state index in [1.54, 1.807) is 42.1 Å². The summed E-state index contributed by atoms with van der Waals surface area (Å²) in [7, 11) is 2.95. The van der Waals surface area contributed by atoms with Crippen LogP contribution in [0.15, 0.2) is 81.1 Å². The summed E-state index contributed by atoms with van der Waals surface area (Å²) in [5.41, 5.74) is 1.31. The third-order valence-corrected chi connectivity index (χ3v) is 5.72. The quantitative estimate of drug-likeness (QED) is 0.350. The molecule has 3 aromatic heterocycles. The van der Waals surface area contributed by atoms with Gasteiger partial charge in [-0.3, -0.25) is 13.9 Å². The molecule has 0 aliphatic heterocycles. The van der Waals surface area contributed by atoms with Gasteiger partial charge in [0.05, 0.1) is 30.2 Å². The van der Waals surface area contributed by atoms with E-state index in [1.165, 1.54) is 17.9 Å². The van der Waals surface area contributed by atoms with Gasteiger partial charge in [0.25, 0.3) is 5.56 Å². The Kier molecular flexibility index (Phi) is 5.61. The van der Waals surface area contributed by atoms with Crippen LogP contribution in [0.2, 0.25) is 0 Å². The summed E-state index contributed by atoms with van der Waals surface area (Å²) in [6.07, 6.45) is 3.07. The number of aromatic nitrogens is 5. The molecule has 0 radical (unpaired) electrons. The zero-order valence-corrected chi connectivity index (χ0v) is 19.0. The van der Waals surface area contributed by atoms with Gasteiger partial charge in [-0.1, -0.05) is 42.5 Å². The van der Waals surface area contributed by atoms with E-state index in [2.05, 4.69) is 9.97 Å². The van der Waals surface area contributed by atoms with E-state index in [0.29, 0.717) is 22.8 Å². The number of carbonyl (C=O) groups is 1. The van der Waals surface area contributed by atoms with Gasteiger partial charge < -0.3 is 13.7 Å². The van der Waals surface area contributed by atoms with Gasteiger partial charge in [0.15, 0.2) is 16.9 Å². The zero-order valence-electron chi connectivity index (χ0n) is 19.0. The minimum absolute atomic E-state index is 0.00846. The van der Waals surface area contributed by atoms with Crippen LogP contribution in [0.4, 0.5) is 0 Å². The van der Waals surface area contributed by atoms with Crippen LogP contribution in [0.25, 0.3) is 33.9 Å². The summed E-state index contributed by atoms with van der Waals surface area (Å²) in [6, 6.07) is 16.4.